The summed E-state index contributed by atoms with van der Waals surface area (Å²) in [6.45, 7) is 4.40. The lowest BCUT2D eigenvalue weighted by Crippen LogP contribution is -2.14. The van der Waals surface area contributed by atoms with Crippen LogP contribution in [-0.4, -0.2) is 0 Å². The summed E-state index contributed by atoms with van der Waals surface area (Å²) in [6.07, 6.45) is 15.0. The van der Waals surface area contributed by atoms with Gasteiger partial charge in [-0.3, -0.25) is 0 Å². The summed E-state index contributed by atoms with van der Waals surface area (Å²) >= 11 is 0. The van der Waals surface area contributed by atoms with Crippen molar-refractivity contribution in [3.05, 3.63) is 82.4 Å². The largest absolute Gasteiger partial charge is 0.0914 e. The minimum absolute atomic E-state index is 0.699. The zero-order valence-corrected chi connectivity index (χ0v) is 17.1. The van der Waals surface area contributed by atoms with Gasteiger partial charge in [0.05, 0.1) is 0 Å². The quantitative estimate of drug-likeness (QED) is 0.500. The molecule has 2 aromatic carbocycles. The van der Waals surface area contributed by atoms with E-state index in [9.17, 15) is 0 Å². The van der Waals surface area contributed by atoms with Crippen molar-refractivity contribution in [2.75, 3.05) is 0 Å². The van der Waals surface area contributed by atoms with Crippen molar-refractivity contribution in [2.24, 2.45) is 5.92 Å². The van der Waals surface area contributed by atoms with Gasteiger partial charge in [-0.1, -0.05) is 61.5 Å². The van der Waals surface area contributed by atoms with Gasteiger partial charge in [0.25, 0.3) is 0 Å². The first-order chi connectivity index (χ1) is 13.3. The Morgan fingerprint density at radius 3 is 2.19 bits per heavy atom. The molecule has 142 valence electrons. The van der Waals surface area contributed by atoms with Crippen LogP contribution in [0.15, 0.2) is 54.6 Å². The summed E-state index contributed by atoms with van der Waals surface area (Å²) < 4.78 is 0. The van der Waals surface area contributed by atoms with Gasteiger partial charge in [-0.2, -0.15) is 0 Å². The van der Waals surface area contributed by atoms with Crippen LogP contribution in [0.2, 0.25) is 0 Å². The number of rotatable bonds is 4. The van der Waals surface area contributed by atoms with Crippen LogP contribution in [0.3, 0.4) is 0 Å². The number of benzene rings is 2. The Kier molecular flexibility index (Phi) is 5.81. The molecule has 0 saturated heterocycles. The summed E-state index contributed by atoms with van der Waals surface area (Å²) in [4.78, 5) is 0. The molecule has 0 heterocycles. The summed E-state index contributed by atoms with van der Waals surface area (Å²) in [7, 11) is 0. The Hall–Kier alpha value is -1.82. The van der Waals surface area contributed by atoms with Crippen molar-refractivity contribution < 1.29 is 0 Å². The van der Waals surface area contributed by atoms with E-state index in [0.29, 0.717) is 5.92 Å². The first kappa shape index (κ1) is 18.5. The highest BCUT2D eigenvalue weighted by molar-refractivity contribution is 5.38. The highest BCUT2D eigenvalue weighted by Gasteiger charge is 2.23. The molecule has 0 amide bonds. The summed E-state index contributed by atoms with van der Waals surface area (Å²) in [5, 5.41) is 0. The third-order valence-corrected chi connectivity index (χ3v) is 7.02. The van der Waals surface area contributed by atoms with Gasteiger partial charge in [-0.05, 0) is 104 Å². The average Bonchev–Trinajstić information content (AvgIpc) is 2.74. The normalized spacial score (nSPS) is 25.5. The number of hydrogen-bond acceptors (Lipinski definition) is 0. The summed E-state index contributed by atoms with van der Waals surface area (Å²) in [6, 6.07) is 16.9. The number of aryl methyl sites for hydroxylation is 2. The lowest BCUT2D eigenvalue weighted by molar-refractivity contribution is 0.375. The van der Waals surface area contributed by atoms with E-state index in [1.54, 1.807) is 22.3 Å². The topological polar surface area (TPSA) is 0 Å². The zero-order chi connectivity index (χ0) is 18.6. The van der Waals surface area contributed by atoms with E-state index in [2.05, 4.69) is 68.5 Å². The molecule has 1 atom stereocenters. The lowest BCUT2D eigenvalue weighted by Gasteiger charge is -2.28. The minimum Gasteiger partial charge on any atom is -0.0914 e. The standard InChI is InChI=1S/C27H34/c1-3-5-21-7-9-22(10-8-21)23-12-14-24(15-13-23)26-17-16-25-18-20(4-2)6-11-27(25)19-26/h3,5-6,11-15,18,21-22,26H,4,7-10,16-17,19H2,1-2H3/b5-3+. The molecule has 4 rings (SSSR count). The van der Waals surface area contributed by atoms with Crippen LogP contribution in [0.4, 0.5) is 0 Å². The SMILES string of the molecule is C/C=C/C1CCC(c2ccc(C3CCc4cc(CC)ccc4C3)cc2)CC1. The van der Waals surface area contributed by atoms with Crippen molar-refractivity contribution in [2.45, 2.75) is 77.0 Å². The summed E-state index contributed by atoms with van der Waals surface area (Å²) in [5.74, 6) is 2.30. The molecule has 1 unspecified atom stereocenters. The van der Waals surface area contributed by atoms with Crippen molar-refractivity contribution in [1.82, 2.24) is 0 Å². The molecule has 2 aliphatic carbocycles. The minimum atomic E-state index is 0.699. The number of hydrogen-bond donors (Lipinski definition) is 0. The maximum atomic E-state index is 2.44. The molecule has 0 heteroatoms. The molecule has 1 saturated carbocycles. The van der Waals surface area contributed by atoms with Gasteiger partial charge in [0.15, 0.2) is 0 Å². The maximum absolute atomic E-state index is 2.44. The van der Waals surface area contributed by atoms with Gasteiger partial charge in [0.2, 0.25) is 0 Å². The van der Waals surface area contributed by atoms with Gasteiger partial charge >= 0.3 is 0 Å². The predicted molar refractivity (Wildman–Crippen MR) is 117 cm³/mol. The fourth-order valence-corrected chi connectivity index (χ4v) is 5.27. The van der Waals surface area contributed by atoms with E-state index in [1.807, 2.05) is 0 Å². The van der Waals surface area contributed by atoms with Crippen LogP contribution in [-0.2, 0) is 19.3 Å². The maximum Gasteiger partial charge on any atom is -0.0118 e. The van der Waals surface area contributed by atoms with Crippen LogP contribution in [0.1, 0.15) is 85.6 Å². The fourth-order valence-electron chi connectivity index (χ4n) is 5.27. The van der Waals surface area contributed by atoms with E-state index in [4.69, 9.17) is 0 Å². The molecule has 1 fully saturated rings. The molecule has 2 aromatic rings. The van der Waals surface area contributed by atoms with Crippen LogP contribution in [0.25, 0.3) is 0 Å². The van der Waals surface area contributed by atoms with Crippen molar-refractivity contribution >= 4 is 0 Å². The summed E-state index contributed by atoms with van der Waals surface area (Å²) in [5.41, 5.74) is 7.78. The second-order valence-corrected chi connectivity index (χ2v) is 8.70. The first-order valence-corrected chi connectivity index (χ1v) is 11.1. The van der Waals surface area contributed by atoms with E-state index in [0.717, 1.165) is 18.3 Å². The van der Waals surface area contributed by atoms with Crippen LogP contribution < -0.4 is 0 Å². The Morgan fingerprint density at radius 2 is 1.52 bits per heavy atom. The first-order valence-electron chi connectivity index (χ1n) is 11.1. The third kappa shape index (κ3) is 4.21. The molecule has 2 aliphatic rings. The van der Waals surface area contributed by atoms with Gasteiger partial charge in [-0.25, -0.2) is 0 Å². The zero-order valence-electron chi connectivity index (χ0n) is 17.1. The Bertz CT molecular complexity index is 772. The molecule has 0 bridgehead atoms. The van der Waals surface area contributed by atoms with Gasteiger partial charge in [0, 0.05) is 0 Å². The highest BCUT2D eigenvalue weighted by Crippen LogP contribution is 2.38. The molecule has 0 radical (unpaired) electrons. The molecule has 27 heavy (non-hydrogen) atoms. The van der Waals surface area contributed by atoms with E-state index < -0.39 is 0 Å². The van der Waals surface area contributed by atoms with E-state index >= 15 is 0 Å². The lowest BCUT2D eigenvalue weighted by atomic mass is 9.77. The van der Waals surface area contributed by atoms with Crippen LogP contribution >= 0.6 is 0 Å². The third-order valence-electron chi connectivity index (χ3n) is 7.02. The average molecular weight is 359 g/mol. The monoisotopic (exact) mass is 358 g/mol. The fraction of sp³-hybridized carbons (Fsp3) is 0.481. The van der Waals surface area contributed by atoms with Gasteiger partial charge < -0.3 is 0 Å². The van der Waals surface area contributed by atoms with Gasteiger partial charge in [0.1, 0.15) is 0 Å². The second-order valence-electron chi connectivity index (χ2n) is 8.70. The number of fused-ring (bicyclic) bond motifs is 1. The smallest absolute Gasteiger partial charge is 0.0118 e. The Morgan fingerprint density at radius 1 is 0.815 bits per heavy atom. The molecule has 0 aliphatic heterocycles. The molecule has 0 nitrogen and oxygen atoms in total. The van der Waals surface area contributed by atoms with E-state index in [1.165, 1.54) is 50.5 Å². The van der Waals surface area contributed by atoms with Gasteiger partial charge in [-0.15, -0.1) is 0 Å². The Balaban J connectivity index is 1.41. The molecule has 0 N–H and O–H groups in total. The second kappa shape index (κ2) is 8.46. The van der Waals surface area contributed by atoms with E-state index in [-0.39, 0.29) is 0 Å². The Labute approximate surface area is 165 Å². The van der Waals surface area contributed by atoms with Crippen molar-refractivity contribution in [3.63, 3.8) is 0 Å². The van der Waals surface area contributed by atoms with Crippen LogP contribution in [0.5, 0.6) is 0 Å². The highest BCUT2D eigenvalue weighted by atomic mass is 14.3. The molecular formula is C27H34. The number of allylic oxidation sites excluding steroid dienone is 2. The van der Waals surface area contributed by atoms with Crippen molar-refractivity contribution in [3.8, 4) is 0 Å². The van der Waals surface area contributed by atoms with Crippen LogP contribution in [0, 0.1) is 5.92 Å². The predicted octanol–water partition coefficient (Wildman–Crippen LogP) is 7.37. The molecule has 0 spiro atoms. The van der Waals surface area contributed by atoms with Crippen molar-refractivity contribution in [1.29, 1.82) is 0 Å². The molecule has 0 aromatic heterocycles. The molecular weight excluding hydrogens is 324 g/mol.